The zero-order chi connectivity index (χ0) is 10.2. The van der Waals surface area contributed by atoms with Crippen LogP contribution in [0.15, 0.2) is 0 Å². The van der Waals surface area contributed by atoms with Gasteiger partial charge in [-0.25, -0.2) is 4.21 Å². The molecule has 0 bridgehead atoms. The van der Waals surface area contributed by atoms with Gasteiger partial charge >= 0.3 is 29.6 Å². The summed E-state index contributed by atoms with van der Waals surface area (Å²) in [5, 5.41) is 3.41. The molecule has 1 N–H and O–H groups in total. The Labute approximate surface area is 118 Å². The van der Waals surface area contributed by atoms with Crippen LogP contribution in [0.5, 0.6) is 0 Å². The minimum absolute atomic E-state index is 0. The molecule has 0 aliphatic heterocycles. The van der Waals surface area contributed by atoms with Gasteiger partial charge in [-0.15, -0.1) is 0 Å². The first-order chi connectivity index (χ1) is 6.79. The number of nitrogens with one attached hydrogen (secondary N) is 1. The Bertz CT molecular complexity index is 182. The molecule has 1 aliphatic rings. The summed E-state index contributed by atoms with van der Waals surface area (Å²) in [5.41, 5.74) is 0. The smallest absolute Gasteiger partial charge is 1.00 e. The van der Waals surface area contributed by atoms with Gasteiger partial charge in [0.1, 0.15) is 0 Å². The maximum atomic E-state index is 10.0. The second-order valence-electron chi connectivity index (χ2n) is 3.67. The van der Waals surface area contributed by atoms with Crippen molar-refractivity contribution in [1.82, 2.24) is 5.32 Å². The predicted molar refractivity (Wildman–Crippen MR) is 55.5 cm³/mol. The molecular weight excluding hydrogens is 225 g/mol. The summed E-state index contributed by atoms with van der Waals surface area (Å²) < 4.78 is 24.5. The SMILES string of the molecule is O=S([O-])OCCCNC1CCCCC1.[H-].[Na+]. The number of hydrogen-bond acceptors (Lipinski definition) is 4. The molecule has 0 saturated heterocycles. The Hall–Kier alpha value is 1.03. The van der Waals surface area contributed by atoms with E-state index in [0.29, 0.717) is 6.04 Å². The molecule has 0 spiro atoms. The predicted octanol–water partition coefficient (Wildman–Crippen LogP) is -1.77. The van der Waals surface area contributed by atoms with Crippen molar-refractivity contribution < 1.29 is 43.9 Å². The molecule has 4 nitrogen and oxygen atoms in total. The molecular formula is C9H19NNaO3S-. The van der Waals surface area contributed by atoms with Crippen LogP contribution in [0, 0.1) is 0 Å². The van der Waals surface area contributed by atoms with Crippen LogP contribution >= 0.6 is 0 Å². The molecule has 1 saturated carbocycles. The van der Waals surface area contributed by atoms with Crippen LogP contribution in [0.2, 0.25) is 0 Å². The van der Waals surface area contributed by atoms with Crippen LogP contribution in [-0.2, 0) is 15.5 Å². The summed E-state index contributed by atoms with van der Waals surface area (Å²) in [6.07, 6.45) is 7.26. The third-order valence-corrected chi connectivity index (χ3v) is 2.90. The molecule has 1 fully saturated rings. The van der Waals surface area contributed by atoms with Gasteiger partial charge in [0.15, 0.2) is 0 Å². The van der Waals surface area contributed by atoms with E-state index in [2.05, 4.69) is 9.50 Å². The van der Waals surface area contributed by atoms with Gasteiger partial charge in [0, 0.05) is 6.04 Å². The van der Waals surface area contributed by atoms with E-state index in [-0.39, 0.29) is 37.6 Å². The van der Waals surface area contributed by atoms with E-state index in [1.54, 1.807) is 0 Å². The average Bonchev–Trinajstić information content (AvgIpc) is 2.18. The van der Waals surface area contributed by atoms with Crippen molar-refractivity contribution in [1.29, 1.82) is 0 Å². The Morgan fingerprint density at radius 2 is 2.07 bits per heavy atom. The zero-order valence-corrected chi connectivity index (χ0v) is 12.2. The van der Waals surface area contributed by atoms with Crippen molar-refractivity contribution in [3.8, 4) is 0 Å². The van der Waals surface area contributed by atoms with E-state index in [1.165, 1.54) is 32.1 Å². The van der Waals surface area contributed by atoms with Crippen LogP contribution in [0.1, 0.15) is 40.0 Å². The third kappa shape index (κ3) is 8.80. The summed E-state index contributed by atoms with van der Waals surface area (Å²) in [4.78, 5) is 0. The van der Waals surface area contributed by atoms with Crippen LogP contribution < -0.4 is 34.9 Å². The van der Waals surface area contributed by atoms with E-state index in [0.717, 1.165) is 13.0 Å². The fraction of sp³-hybridized carbons (Fsp3) is 1.00. The molecule has 86 valence electrons. The first kappa shape index (κ1) is 16.0. The second kappa shape index (κ2) is 10.2. The quantitative estimate of drug-likeness (QED) is 0.341. The summed E-state index contributed by atoms with van der Waals surface area (Å²) >= 11 is -2.35. The van der Waals surface area contributed by atoms with Crippen molar-refractivity contribution in [3.63, 3.8) is 0 Å². The van der Waals surface area contributed by atoms with Crippen LogP contribution in [0.4, 0.5) is 0 Å². The maximum absolute atomic E-state index is 10.0. The Morgan fingerprint density at radius 1 is 1.40 bits per heavy atom. The summed E-state index contributed by atoms with van der Waals surface area (Å²) in [5.74, 6) is 0. The van der Waals surface area contributed by atoms with Crippen molar-refractivity contribution in [2.45, 2.75) is 44.6 Å². The van der Waals surface area contributed by atoms with E-state index < -0.39 is 11.4 Å². The Morgan fingerprint density at radius 3 is 2.67 bits per heavy atom. The fourth-order valence-electron chi connectivity index (χ4n) is 1.81. The molecule has 15 heavy (non-hydrogen) atoms. The first-order valence-corrected chi connectivity index (χ1v) is 6.25. The first-order valence-electron chi connectivity index (χ1n) is 5.25. The minimum atomic E-state index is -2.35. The standard InChI is InChI=1S/C9H19NO3S.Na.H/c11-14(12)13-8-4-7-10-9-5-2-1-3-6-9;;/h9-10H,1-8H2,(H,11,12);;/q;+1;-1/p-1. The van der Waals surface area contributed by atoms with Crippen LogP contribution in [0.25, 0.3) is 0 Å². The van der Waals surface area contributed by atoms with E-state index >= 15 is 0 Å². The molecule has 1 atom stereocenters. The normalized spacial score (nSPS) is 19.5. The molecule has 0 amide bonds. The molecule has 0 aromatic carbocycles. The molecule has 0 aromatic rings. The summed E-state index contributed by atoms with van der Waals surface area (Å²) in [6.45, 7) is 1.14. The van der Waals surface area contributed by atoms with Crippen molar-refractivity contribution >= 4 is 11.4 Å². The van der Waals surface area contributed by atoms with E-state index in [1.807, 2.05) is 0 Å². The van der Waals surface area contributed by atoms with Gasteiger partial charge in [0.2, 0.25) is 0 Å². The molecule has 1 rings (SSSR count). The molecule has 0 heterocycles. The molecule has 0 radical (unpaired) electrons. The summed E-state index contributed by atoms with van der Waals surface area (Å²) in [6, 6.07) is 0.640. The van der Waals surface area contributed by atoms with Crippen molar-refractivity contribution in [2.75, 3.05) is 13.2 Å². The monoisotopic (exact) mass is 244 g/mol. The summed E-state index contributed by atoms with van der Waals surface area (Å²) in [7, 11) is 0. The molecule has 1 aliphatic carbocycles. The molecule has 6 heteroatoms. The minimum Gasteiger partial charge on any atom is -1.00 e. The maximum Gasteiger partial charge on any atom is 1.00 e. The second-order valence-corrected chi connectivity index (χ2v) is 4.31. The van der Waals surface area contributed by atoms with Gasteiger partial charge in [0.25, 0.3) is 0 Å². The van der Waals surface area contributed by atoms with Crippen LogP contribution in [-0.4, -0.2) is 28.0 Å². The Kier molecular flexibility index (Phi) is 10.9. The molecule has 0 aromatic heterocycles. The average molecular weight is 244 g/mol. The van der Waals surface area contributed by atoms with Gasteiger partial charge in [-0.2, -0.15) is 0 Å². The Balaban J connectivity index is 0. The van der Waals surface area contributed by atoms with Crippen molar-refractivity contribution in [2.24, 2.45) is 0 Å². The van der Waals surface area contributed by atoms with Crippen LogP contribution in [0.3, 0.4) is 0 Å². The van der Waals surface area contributed by atoms with Gasteiger partial charge < -0.3 is 15.5 Å². The van der Waals surface area contributed by atoms with Crippen molar-refractivity contribution in [3.05, 3.63) is 0 Å². The number of hydrogen-bond donors (Lipinski definition) is 1. The zero-order valence-electron chi connectivity index (χ0n) is 10.4. The topological polar surface area (TPSA) is 61.4 Å². The third-order valence-electron chi connectivity index (χ3n) is 2.54. The molecule has 1 unspecified atom stereocenters. The van der Waals surface area contributed by atoms with Gasteiger partial charge in [-0.3, -0.25) is 0 Å². The van der Waals surface area contributed by atoms with Gasteiger partial charge in [0.05, 0.1) is 18.0 Å². The largest absolute Gasteiger partial charge is 1.00 e. The van der Waals surface area contributed by atoms with E-state index in [9.17, 15) is 8.76 Å². The van der Waals surface area contributed by atoms with Gasteiger partial charge in [-0.05, 0) is 25.8 Å². The number of rotatable bonds is 6. The van der Waals surface area contributed by atoms with E-state index in [4.69, 9.17) is 0 Å². The fourth-order valence-corrected chi connectivity index (χ4v) is 2.07. The van der Waals surface area contributed by atoms with Gasteiger partial charge in [-0.1, -0.05) is 19.3 Å².